The zero-order valence-corrected chi connectivity index (χ0v) is 17.1. The second-order valence-electron chi connectivity index (χ2n) is 6.25. The molecule has 6 heteroatoms. The number of aryl methyl sites for hydroxylation is 1. The summed E-state index contributed by atoms with van der Waals surface area (Å²) in [5.41, 5.74) is 2.99. The first-order valence-corrected chi connectivity index (χ1v) is 10.3. The number of hydrogen-bond acceptors (Lipinski definition) is 3. The summed E-state index contributed by atoms with van der Waals surface area (Å²) in [5, 5.41) is 0.846. The van der Waals surface area contributed by atoms with Crippen molar-refractivity contribution < 1.29 is 9.59 Å². The number of aromatic nitrogens is 1. The van der Waals surface area contributed by atoms with Crippen molar-refractivity contribution in [3.8, 4) is 0 Å². The van der Waals surface area contributed by atoms with Crippen LogP contribution in [0, 0.1) is 0 Å². The molecule has 0 aliphatic carbocycles. The van der Waals surface area contributed by atoms with Crippen LogP contribution in [0.3, 0.4) is 0 Å². The van der Waals surface area contributed by atoms with Gasteiger partial charge in [0.2, 0.25) is 0 Å². The third-order valence-electron chi connectivity index (χ3n) is 4.61. The van der Waals surface area contributed by atoms with Gasteiger partial charge in [0.1, 0.15) is 0 Å². The molecule has 1 aromatic heterocycles. The van der Waals surface area contributed by atoms with Crippen LogP contribution in [0.5, 0.6) is 0 Å². The third-order valence-corrected chi connectivity index (χ3v) is 6.29. The van der Waals surface area contributed by atoms with Crippen LogP contribution in [0.25, 0.3) is 17.0 Å². The summed E-state index contributed by atoms with van der Waals surface area (Å²) in [5.74, 6) is -0.242. The first-order chi connectivity index (χ1) is 13.1. The zero-order valence-electron chi connectivity index (χ0n) is 14.7. The number of benzene rings is 2. The molecule has 1 aliphatic rings. The van der Waals surface area contributed by atoms with E-state index in [2.05, 4.69) is 33.5 Å². The molecule has 1 fully saturated rings. The highest BCUT2D eigenvalue weighted by Gasteiger charge is 2.35. The fourth-order valence-corrected chi connectivity index (χ4v) is 4.47. The van der Waals surface area contributed by atoms with E-state index in [9.17, 15) is 9.59 Å². The second-order valence-corrected chi connectivity index (χ2v) is 8.09. The number of hydrogen-bond donors (Lipinski definition) is 0. The first-order valence-electron chi connectivity index (χ1n) is 8.65. The van der Waals surface area contributed by atoms with Gasteiger partial charge in [-0.25, -0.2) is 0 Å². The van der Waals surface area contributed by atoms with E-state index in [1.165, 1.54) is 4.90 Å². The van der Waals surface area contributed by atoms with E-state index in [0.717, 1.165) is 44.8 Å². The van der Waals surface area contributed by atoms with Gasteiger partial charge < -0.3 is 4.57 Å². The summed E-state index contributed by atoms with van der Waals surface area (Å²) in [6, 6.07) is 15.7. The maximum absolute atomic E-state index is 12.8. The minimum absolute atomic E-state index is 0.235. The molecule has 4 nitrogen and oxygen atoms in total. The zero-order chi connectivity index (χ0) is 19.0. The van der Waals surface area contributed by atoms with Gasteiger partial charge in [-0.1, -0.05) is 52.3 Å². The molecule has 136 valence electrons. The van der Waals surface area contributed by atoms with Crippen molar-refractivity contribution in [2.24, 2.45) is 0 Å². The predicted octanol–water partition coefficient (Wildman–Crippen LogP) is 5.66. The number of fused-ring (bicyclic) bond motifs is 1. The van der Waals surface area contributed by atoms with Crippen molar-refractivity contribution in [2.75, 3.05) is 0 Å². The van der Waals surface area contributed by atoms with E-state index in [1.54, 1.807) is 0 Å². The number of amides is 2. The van der Waals surface area contributed by atoms with Gasteiger partial charge in [-0.2, -0.15) is 0 Å². The Balaban J connectivity index is 1.67. The Morgan fingerprint density at radius 3 is 2.59 bits per heavy atom. The van der Waals surface area contributed by atoms with Crippen LogP contribution in [0.2, 0.25) is 0 Å². The van der Waals surface area contributed by atoms with Gasteiger partial charge in [-0.3, -0.25) is 14.5 Å². The Morgan fingerprint density at radius 1 is 1.07 bits per heavy atom. The van der Waals surface area contributed by atoms with E-state index >= 15 is 0 Å². The first kappa shape index (κ1) is 18.1. The Morgan fingerprint density at radius 2 is 1.81 bits per heavy atom. The van der Waals surface area contributed by atoms with Crippen molar-refractivity contribution in [2.45, 2.75) is 20.0 Å². The highest BCUT2D eigenvalue weighted by atomic mass is 79.9. The topological polar surface area (TPSA) is 42.3 Å². The lowest BCUT2D eigenvalue weighted by Gasteiger charge is -2.13. The molecule has 0 spiro atoms. The Kier molecular flexibility index (Phi) is 4.93. The maximum Gasteiger partial charge on any atom is 0.293 e. The van der Waals surface area contributed by atoms with Crippen molar-refractivity contribution in [3.63, 3.8) is 0 Å². The lowest BCUT2D eigenvalue weighted by atomic mass is 10.1. The number of imide groups is 1. The highest BCUT2D eigenvalue weighted by Crippen LogP contribution is 2.35. The van der Waals surface area contributed by atoms with Crippen LogP contribution < -0.4 is 0 Å². The van der Waals surface area contributed by atoms with E-state index in [1.807, 2.05) is 54.7 Å². The molecular formula is C21H17BrN2O2S. The molecule has 3 aromatic rings. The quantitative estimate of drug-likeness (QED) is 0.491. The molecule has 0 N–H and O–H groups in total. The minimum atomic E-state index is -0.242. The molecule has 4 rings (SSSR count). The van der Waals surface area contributed by atoms with Crippen molar-refractivity contribution in [3.05, 3.63) is 75.2 Å². The van der Waals surface area contributed by atoms with Crippen molar-refractivity contribution >= 4 is 55.8 Å². The molecular weight excluding hydrogens is 424 g/mol. The van der Waals surface area contributed by atoms with Crippen LogP contribution in [-0.4, -0.2) is 20.6 Å². The largest absolute Gasteiger partial charge is 0.347 e. The number of halogens is 1. The van der Waals surface area contributed by atoms with Gasteiger partial charge in [-0.05, 0) is 42.5 Å². The highest BCUT2D eigenvalue weighted by molar-refractivity contribution is 9.10. The van der Waals surface area contributed by atoms with Gasteiger partial charge in [0.05, 0.1) is 11.4 Å². The molecule has 27 heavy (non-hydrogen) atoms. The summed E-state index contributed by atoms with van der Waals surface area (Å²) in [4.78, 5) is 27.0. The van der Waals surface area contributed by atoms with E-state index in [4.69, 9.17) is 0 Å². The van der Waals surface area contributed by atoms with Crippen LogP contribution in [-0.2, 0) is 17.9 Å². The summed E-state index contributed by atoms with van der Waals surface area (Å²) in [7, 11) is 0. The number of thioether (sulfide) groups is 1. The fourth-order valence-electron chi connectivity index (χ4n) is 3.23. The average molecular weight is 441 g/mol. The average Bonchev–Trinajstić information content (AvgIpc) is 3.16. The monoisotopic (exact) mass is 440 g/mol. The van der Waals surface area contributed by atoms with Gasteiger partial charge >= 0.3 is 0 Å². The molecule has 0 radical (unpaired) electrons. The number of carbonyl (C=O) groups is 2. The Bertz CT molecular complexity index is 1090. The molecule has 2 heterocycles. The smallest absolute Gasteiger partial charge is 0.293 e. The lowest BCUT2D eigenvalue weighted by molar-refractivity contribution is -0.123. The van der Waals surface area contributed by atoms with Crippen molar-refractivity contribution in [1.82, 2.24) is 9.47 Å². The summed E-state index contributed by atoms with van der Waals surface area (Å²) < 4.78 is 3.03. The summed E-state index contributed by atoms with van der Waals surface area (Å²) in [6.45, 7) is 3.19. The van der Waals surface area contributed by atoms with Crippen LogP contribution in [0.4, 0.5) is 4.79 Å². The summed E-state index contributed by atoms with van der Waals surface area (Å²) >= 11 is 4.48. The number of rotatable bonds is 4. The van der Waals surface area contributed by atoms with Gasteiger partial charge in [0, 0.05) is 33.7 Å². The molecule has 2 amide bonds. The predicted molar refractivity (Wildman–Crippen MR) is 113 cm³/mol. The molecule has 1 aliphatic heterocycles. The maximum atomic E-state index is 12.8. The normalized spacial score (nSPS) is 16.1. The van der Waals surface area contributed by atoms with Gasteiger partial charge in [0.25, 0.3) is 11.1 Å². The Hall–Kier alpha value is -2.31. The molecule has 0 bridgehead atoms. The molecule has 0 unspecified atom stereocenters. The van der Waals surface area contributed by atoms with E-state index in [-0.39, 0.29) is 17.7 Å². The van der Waals surface area contributed by atoms with Crippen LogP contribution in [0.15, 0.2) is 64.1 Å². The third kappa shape index (κ3) is 3.35. The standard InChI is InChI=1S/C21H17BrN2O2S/c1-2-23-12-15(16-8-4-6-10-18(16)23)11-19-20(25)24(21(26)27-19)13-14-7-3-5-9-17(14)22/h3-12H,2,13H2,1H3/b19-11-. The Labute approximate surface area is 170 Å². The molecule has 0 saturated carbocycles. The van der Waals surface area contributed by atoms with Gasteiger partial charge in [0.15, 0.2) is 0 Å². The van der Waals surface area contributed by atoms with Gasteiger partial charge in [-0.15, -0.1) is 0 Å². The molecule has 0 atom stereocenters. The second kappa shape index (κ2) is 7.37. The SMILES string of the molecule is CCn1cc(/C=C2\SC(=O)N(Cc3ccccc3Br)C2=O)c2ccccc21. The fraction of sp³-hybridized carbons (Fsp3) is 0.143. The number of carbonyl (C=O) groups excluding carboxylic acids is 2. The number of nitrogens with zero attached hydrogens (tertiary/aromatic N) is 2. The molecule has 1 saturated heterocycles. The van der Waals surface area contributed by atoms with E-state index in [0.29, 0.717) is 4.91 Å². The lowest BCUT2D eigenvalue weighted by Crippen LogP contribution is -2.27. The summed E-state index contributed by atoms with van der Waals surface area (Å²) in [6.07, 6.45) is 3.87. The minimum Gasteiger partial charge on any atom is -0.347 e. The molecule has 2 aromatic carbocycles. The number of para-hydroxylation sites is 1. The van der Waals surface area contributed by atoms with E-state index < -0.39 is 0 Å². The van der Waals surface area contributed by atoms with Crippen LogP contribution >= 0.6 is 27.7 Å². The van der Waals surface area contributed by atoms with Crippen molar-refractivity contribution in [1.29, 1.82) is 0 Å². The van der Waals surface area contributed by atoms with Crippen LogP contribution in [0.1, 0.15) is 18.1 Å².